The van der Waals surface area contributed by atoms with E-state index in [-0.39, 0.29) is 16.9 Å². The van der Waals surface area contributed by atoms with Gasteiger partial charge in [0.2, 0.25) is 0 Å². The van der Waals surface area contributed by atoms with Crippen LogP contribution < -0.4 is 14.8 Å². The number of aryl methyl sites for hydroxylation is 1. The van der Waals surface area contributed by atoms with Crippen LogP contribution in [0.3, 0.4) is 0 Å². The van der Waals surface area contributed by atoms with E-state index in [9.17, 15) is 18.0 Å². The highest BCUT2D eigenvalue weighted by molar-refractivity contribution is 6.08. The fraction of sp³-hybridized carbons (Fsp3) is 0.269. The van der Waals surface area contributed by atoms with Crippen molar-refractivity contribution in [1.29, 1.82) is 0 Å². The highest BCUT2D eigenvalue weighted by Gasteiger charge is 2.36. The number of alkyl halides is 3. The van der Waals surface area contributed by atoms with Gasteiger partial charge in [0.05, 0.1) is 26.1 Å². The third kappa shape index (κ3) is 5.12. The van der Waals surface area contributed by atoms with Gasteiger partial charge in [0.25, 0.3) is 5.91 Å². The molecule has 1 N–H and O–H groups in total. The van der Waals surface area contributed by atoms with Crippen molar-refractivity contribution in [3.63, 3.8) is 0 Å². The Morgan fingerprint density at radius 1 is 1.03 bits per heavy atom. The number of unbranched alkanes of at least 4 members (excludes halogenated alkanes) is 1. The van der Waals surface area contributed by atoms with E-state index in [1.807, 2.05) is 12.1 Å². The van der Waals surface area contributed by atoms with Crippen molar-refractivity contribution in [3.8, 4) is 22.8 Å². The number of nitrogens with zero attached hydrogens (tertiary/aromatic N) is 3. The van der Waals surface area contributed by atoms with Crippen LogP contribution in [0.2, 0.25) is 0 Å². The van der Waals surface area contributed by atoms with Crippen molar-refractivity contribution >= 4 is 17.2 Å². The number of hydrogen-bond acceptors (Lipinski definition) is 5. The maximum Gasteiger partial charge on any atom is 0.433 e. The lowest BCUT2D eigenvalue weighted by atomic mass is 10.1. The minimum atomic E-state index is -4.74. The molecular formula is C26H25F3N4O3. The van der Waals surface area contributed by atoms with Crippen molar-refractivity contribution in [2.45, 2.75) is 32.4 Å². The molecule has 0 aliphatic rings. The molecule has 4 aromatic rings. The number of fused-ring (bicyclic) bond motifs is 1. The van der Waals surface area contributed by atoms with E-state index < -0.39 is 17.8 Å². The smallest absolute Gasteiger partial charge is 0.433 e. The average molecular weight is 499 g/mol. The summed E-state index contributed by atoms with van der Waals surface area (Å²) in [6, 6.07) is 12.9. The predicted molar refractivity (Wildman–Crippen MR) is 130 cm³/mol. The standard InChI is InChI=1S/C26H25F3N4O3/c1-4-5-6-16-7-10-18(11-8-16)31-25(34)19-15-30-33-23(26(27,28)29)14-20(32-24(19)33)17-9-12-21(35-2)22(13-17)36-3/h7-15H,4-6H2,1-3H3,(H,31,34). The normalized spacial score (nSPS) is 11.5. The maximum atomic E-state index is 13.9. The Labute approximate surface area is 205 Å². The zero-order chi connectivity index (χ0) is 25.9. The summed E-state index contributed by atoms with van der Waals surface area (Å²) in [4.78, 5) is 17.4. The largest absolute Gasteiger partial charge is 0.493 e. The number of hydrogen-bond donors (Lipinski definition) is 1. The lowest BCUT2D eigenvalue weighted by Gasteiger charge is -2.13. The van der Waals surface area contributed by atoms with E-state index >= 15 is 0 Å². The van der Waals surface area contributed by atoms with Gasteiger partial charge < -0.3 is 14.8 Å². The summed E-state index contributed by atoms with van der Waals surface area (Å²) >= 11 is 0. The zero-order valence-electron chi connectivity index (χ0n) is 20.0. The first-order valence-electron chi connectivity index (χ1n) is 11.3. The molecule has 0 saturated heterocycles. The van der Waals surface area contributed by atoms with Crippen molar-refractivity contribution in [1.82, 2.24) is 14.6 Å². The molecule has 10 heteroatoms. The molecule has 2 heterocycles. The summed E-state index contributed by atoms with van der Waals surface area (Å²) in [6.07, 6.45) is -0.585. The van der Waals surface area contributed by atoms with Crippen LogP contribution in [0.25, 0.3) is 16.9 Å². The molecule has 0 spiro atoms. The molecule has 1 amide bonds. The lowest BCUT2D eigenvalue weighted by Crippen LogP contribution is -2.16. The lowest BCUT2D eigenvalue weighted by molar-refractivity contribution is -0.142. The minimum absolute atomic E-state index is 0.00519. The third-order valence-electron chi connectivity index (χ3n) is 5.72. The number of nitrogens with one attached hydrogen (secondary N) is 1. The summed E-state index contributed by atoms with van der Waals surface area (Å²) in [6.45, 7) is 2.11. The number of halogens is 3. The monoisotopic (exact) mass is 498 g/mol. The molecule has 188 valence electrons. The Kier molecular flexibility index (Phi) is 7.14. The molecule has 0 bridgehead atoms. The fourth-order valence-electron chi connectivity index (χ4n) is 3.80. The van der Waals surface area contributed by atoms with Gasteiger partial charge in [0.1, 0.15) is 5.56 Å². The third-order valence-corrected chi connectivity index (χ3v) is 5.72. The van der Waals surface area contributed by atoms with Crippen molar-refractivity contribution < 1.29 is 27.4 Å². The van der Waals surface area contributed by atoms with E-state index in [0.717, 1.165) is 37.1 Å². The Balaban J connectivity index is 1.74. The molecule has 0 unspecified atom stereocenters. The Morgan fingerprint density at radius 2 is 1.75 bits per heavy atom. The van der Waals surface area contributed by atoms with Crippen molar-refractivity contribution in [2.75, 3.05) is 19.5 Å². The first-order valence-corrected chi connectivity index (χ1v) is 11.3. The summed E-state index contributed by atoms with van der Waals surface area (Å²) < 4.78 is 52.9. The van der Waals surface area contributed by atoms with Gasteiger partial charge in [-0.3, -0.25) is 4.79 Å². The Bertz CT molecular complexity index is 1380. The van der Waals surface area contributed by atoms with Crippen LogP contribution in [-0.2, 0) is 12.6 Å². The van der Waals surface area contributed by atoms with Crippen LogP contribution in [-0.4, -0.2) is 34.7 Å². The van der Waals surface area contributed by atoms with E-state index in [1.165, 1.54) is 20.3 Å². The van der Waals surface area contributed by atoms with Crippen LogP contribution >= 0.6 is 0 Å². The van der Waals surface area contributed by atoms with Crippen LogP contribution in [0.1, 0.15) is 41.4 Å². The Hall–Kier alpha value is -4.08. The van der Waals surface area contributed by atoms with Gasteiger partial charge >= 0.3 is 6.18 Å². The van der Waals surface area contributed by atoms with Gasteiger partial charge in [-0.1, -0.05) is 25.5 Å². The summed E-state index contributed by atoms with van der Waals surface area (Å²) in [5, 5.41) is 6.54. The van der Waals surface area contributed by atoms with Gasteiger partial charge in [0.15, 0.2) is 22.8 Å². The first kappa shape index (κ1) is 25.0. The van der Waals surface area contributed by atoms with Gasteiger partial charge in [0, 0.05) is 11.3 Å². The second-order valence-corrected chi connectivity index (χ2v) is 8.14. The summed E-state index contributed by atoms with van der Waals surface area (Å²) in [5.41, 5.74) is 0.663. The van der Waals surface area contributed by atoms with E-state index in [1.54, 1.807) is 24.3 Å². The number of carbonyl (C=O) groups is 1. The molecule has 2 aromatic heterocycles. The maximum absolute atomic E-state index is 13.9. The van der Waals surface area contributed by atoms with E-state index in [2.05, 4.69) is 22.3 Å². The van der Waals surface area contributed by atoms with Gasteiger partial charge in [-0.05, 0) is 54.8 Å². The highest BCUT2D eigenvalue weighted by Crippen LogP contribution is 2.36. The summed E-state index contributed by atoms with van der Waals surface area (Å²) in [5.74, 6) is 0.138. The molecule has 4 rings (SSSR count). The number of methoxy groups -OCH3 is 2. The average Bonchev–Trinajstić information content (AvgIpc) is 3.30. The number of anilines is 1. The molecule has 0 saturated carbocycles. The topological polar surface area (TPSA) is 77.8 Å². The molecular weight excluding hydrogens is 473 g/mol. The number of benzene rings is 2. The van der Waals surface area contributed by atoms with Gasteiger partial charge in [-0.15, -0.1) is 0 Å². The SMILES string of the molecule is CCCCc1ccc(NC(=O)c2cnn3c(C(F)(F)F)cc(-c4ccc(OC)c(OC)c4)nc23)cc1. The molecule has 0 aliphatic carbocycles. The number of amides is 1. The molecule has 0 aliphatic heterocycles. The highest BCUT2D eigenvalue weighted by atomic mass is 19.4. The number of aromatic nitrogens is 3. The summed E-state index contributed by atoms with van der Waals surface area (Å²) in [7, 11) is 2.88. The molecule has 2 aromatic carbocycles. The van der Waals surface area contributed by atoms with Crippen LogP contribution in [0.5, 0.6) is 11.5 Å². The van der Waals surface area contributed by atoms with Crippen LogP contribution in [0.15, 0.2) is 54.7 Å². The van der Waals surface area contributed by atoms with Crippen molar-refractivity contribution in [2.24, 2.45) is 0 Å². The predicted octanol–water partition coefficient (Wildman–Crippen LogP) is 6.03. The van der Waals surface area contributed by atoms with Crippen LogP contribution in [0.4, 0.5) is 18.9 Å². The second-order valence-electron chi connectivity index (χ2n) is 8.14. The minimum Gasteiger partial charge on any atom is -0.493 e. The second kappa shape index (κ2) is 10.3. The van der Waals surface area contributed by atoms with Gasteiger partial charge in [-0.2, -0.15) is 18.3 Å². The van der Waals surface area contributed by atoms with Crippen molar-refractivity contribution in [3.05, 3.63) is 71.5 Å². The molecule has 0 radical (unpaired) electrons. The Morgan fingerprint density at radius 3 is 2.39 bits per heavy atom. The van der Waals surface area contributed by atoms with Gasteiger partial charge in [-0.25, -0.2) is 9.50 Å². The number of carbonyl (C=O) groups excluding carboxylic acids is 1. The van der Waals surface area contributed by atoms with Crippen LogP contribution in [0, 0.1) is 0 Å². The molecule has 7 nitrogen and oxygen atoms in total. The molecule has 0 fully saturated rings. The molecule has 0 atom stereocenters. The fourth-order valence-corrected chi connectivity index (χ4v) is 3.80. The molecule has 36 heavy (non-hydrogen) atoms. The number of ether oxygens (including phenoxy) is 2. The first-order chi connectivity index (χ1) is 17.2. The zero-order valence-corrected chi connectivity index (χ0v) is 20.0. The van der Waals surface area contributed by atoms with E-state index in [4.69, 9.17) is 9.47 Å². The quantitative estimate of drug-likeness (QED) is 0.321. The number of rotatable bonds is 8. The van der Waals surface area contributed by atoms with E-state index in [0.29, 0.717) is 27.3 Å².